The van der Waals surface area contributed by atoms with Crippen LogP contribution in [-0.4, -0.2) is 69.0 Å². The number of benzene rings is 3. The SMILES string of the molecule is O=C(O)c1cc(-c2ccc([C@@H]3C[C@@H]4CN(C(=O)c5ncccn5)C[C@@H]4C3)c(C(F)(F)F)c2)ccc1NC(=O)N1C[C@H]2C[C@@H](c3ccccc3C(F)(F)F)C[C@H]2C1. The van der Waals surface area contributed by atoms with Crippen LogP contribution in [-0.2, 0) is 12.4 Å². The van der Waals surface area contributed by atoms with Crippen molar-refractivity contribution < 1.29 is 45.8 Å². The lowest BCUT2D eigenvalue weighted by molar-refractivity contribution is -0.139. The number of hydrogen-bond donors (Lipinski definition) is 2. The molecule has 3 amide bonds. The molecule has 3 heterocycles. The molecule has 56 heavy (non-hydrogen) atoms. The number of nitrogens with zero attached hydrogens (tertiary/aromatic N) is 4. The molecule has 2 N–H and O–H groups in total. The van der Waals surface area contributed by atoms with Gasteiger partial charge in [-0.15, -0.1) is 0 Å². The number of halogens is 6. The molecule has 4 aromatic rings. The van der Waals surface area contributed by atoms with E-state index < -0.39 is 35.5 Å². The zero-order valence-corrected chi connectivity index (χ0v) is 29.9. The number of alkyl halides is 6. The summed E-state index contributed by atoms with van der Waals surface area (Å²) < 4.78 is 84.8. The Kier molecular flexibility index (Phi) is 9.52. The Morgan fingerprint density at radius 1 is 0.643 bits per heavy atom. The molecule has 8 rings (SSSR count). The van der Waals surface area contributed by atoms with E-state index in [0.29, 0.717) is 51.9 Å². The molecular weight excluding hydrogens is 740 g/mol. The number of rotatable bonds is 6. The van der Waals surface area contributed by atoms with E-state index >= 15 is 0 Å². The van der Waals surface area contributed by atoms with Gasteiger partial charge >= 0.3 is 24.4 Å². The molecule has 15 heteroatoms. The second-order valence-electron chi connectivity index (χ2n) is 15.4. The first kappa shape index (κ1) is 37.5. The topological polar surface area (TPSA) is 116 Å². The van der Waals surface area contributed by atoms with Gasteiger partial charge in [0.15, 0.2) is 0 Å². The van der Waals surface area contributed by atoms with Crippen LogP contribution in [0.15, 0.2) is 79.1 Å². The highest BCUT2D eigenvalue weighted by Crippen LogP contribution is 2.51. The van der Waals surface area contributed by atoms with Gasteiger partial charge in [0.2, 0.25) is 5.82 Å². The predicted molar refractivity (Wildman–Crippen MR) is 192 cm³/mol. The van der Waals surface area contributed by atoms with Crippen molar-refractivity contribution in [3.05, 3.63) is 113 Å². The van der Waals surface area contributed by atoms with Crippen molar-refractivity contribution in [1.29, 1.82) is 0 Å². The van der Waals surface area contributed by atoms with Crippen LogP contribution < -0.4 is 5.32 Å². The Bertz CT molecular complexity index is 2150. The summed E-state index contributed by atoms with van der Waals surface area (Å²) in [6.45, 7) is 1.43. The molecule has 3 aromatic carbocycles. The third kappa shape index (κ3) is 7.18. The number of fused-ring (bicyclic) bond motifs is 2. The lowest BCUT2D eigenvalue weighted by Crippen LogP contribution is -2.34. The highest BCUT2D eigenvalue weighted by Gasteiger charge is 2.47. The van der Waals surface area contributed by atoms with E-state index in [2.05, 4.69) is 15.3 Å². The molecule has 0 radical (unpaired) electrons. The lowest BCUT2D eigenvalue weighted by atomic mass is 9.88. The van der Waals surface area contributed by atoms with Crippen LogP contribution in [0.1, 0.15) is 80.7 Å². The largest absolute Gasteiger partial charge is 0.478 e. The molecule has 9 nitrogen and oxygen atoms in total. The van der Waals surface area contributed by atoms with E-state index in [1.807, 2.05) is 0 Å². The number of amides is 3. The van der Waals surface area contributed by atoms with Crippen LogP contribution in [0.25, 0.3) is 11.1 Å². The fourth-order valence-electron chi connectivity index (χ4n) is 9.64. The highest BCUT2D eigenvalue weighted by atomic mass is 19.4. The zero-order chi connectivity index (χ0) is 39.5. The number of carboxylic acids is 1. The van der Waals surface area contributed by atoms with Gasteiger partial charge in [-0.3, -0.25) is 4.79 Å². The van der Waals surface area contributed by atoms with E-state index in [-0.39, 0.29) is 80.7 Å². The second-order valence-corrected chi connectivity index (χ2v) is 15.4. The van der Waals surface area contributed by atoms with Crippen molar-refractivity contribution in [1.82, 2.24) is 19.8 Å². The molecule has 2 saturated carbocycles. The molecule has 4 aliphatic rings. The third-order valence-electron chi connectivity index (χ3n) is 12.2. The second kappa shape index (κ2) is 14.2. The molecule has 2 aliphatic heterocycles. The van der Waals surface area contributed by atoms with Crippen molar-refractivity contribution in [3.63, 3.8) is 0 Å². The fraction of sp³-hybridized carbons (Fsp3) is 0.390. The monoisotopic (exact) mass is 777 g/mol. The number of carbonyl (C=O) groups excluding carboxylic acids is 2. The van der Waals surface area contributed by atoms with Crippen molar-refractivity contribution in [2.75, 3.05) is 31.5 Å². The number of hydrogen-bond acceptors (Lipinski definition) is 5. The number of aromatic nitrogens is 2. The molecule has 2 saturated heterocycles. The quantitative estimate of drug-likeness (QED) is 0.189. The smallest absolute Gasteiger partial charge is 0.416 e. The fourth-order valence-corrected chi connectivity index (χ4v) is 9.64. The van der Waals surface area contributed by atoms with Crippen LogP contribution in [0.4, 0.5) is 36.8 Å². The molecular formula is C41H37F6N5O4. The van der Waals surface area contributed by atoms with Gasteiger partial charge in [0.25, 0.3) is 5.91 Å². The maximum absolute atomic E-state index is 14.6. The van der Waals surface area contributed by atoms with Gasteiger partial charge in [-0.05, 0) is 114 Å². The van der Waals surface area contributed by atoms with Crippen LogP contribution in [0.5, 0.6) is 0 Å². The number of carbonyl (C=O) groups is 3. The van der Waals surface area contributed by atoms with Gasteiger partial charge in [-0.25, -0.2) is 19.6 Å². The van der Waals surface area contributed by atoms with Crippen molar-refractivity contribution in [2.45, 2.75) is 49.9 Å². The number of likely N-dealkylation sites (tertiary alicyclic amines) is 2. The Morgan fingerprint density at radius 3 is 1.73 bits per heavy atom. The molecule has 6 atom stereocenters. The molecule has 2 aliphatic carbocycles. The summed E-state index contributed by atoms with van der Waals surface area (Å²) in [6, 6.07) is 14.7. The van der Waals surface area contributed by atoms with Gasteiger partial charge in [0.05, 0.1) is 22.4 Å². The Labute approximate surface area is 317 Å². The minimum absolute atomic E-state index is 0.0170. The maximum atomic E-state index is 14.6. The van der Waals surface area contributed by atoms with E-state index in [4.69, 9.17) is 0 Å². The van der Waals surface area contributed by atoms with Crippen LogP contribution >= 0.6 is 0 Å². The number of aromatic carboxylic acids is 1. The van der Waals surface area contributed by atoms with E-state index in [1.54, 1.807) is 23.1 Å². The van der Waals surface area contributed by atoms with Gasteiger partial charge in [0.1, 0.15) is 0 Å². The Balaban J connectivity index is 0.942. The standard InChI is InChI=1S/C41H37F6N5O4/c42-40(43,44)33-5-2-1-4-30(33)24-12-28-20-52(21-29(28)13-24)39(56)50-35-9-7-22(16-32(35)38(54)55)23-6-8-31(34(17-23)41(45,46)47)25-14-26-18-51(19-27(26)15-25)37(53)36-48-10-3-11-49-36/h1-11,16-17,24-29H,12-15,18-21H2,(H,50,56)(H,54,55)/t24-,25-,26-,27+,28-,29+. The minimum atomic E-state index is -4.69. The molecule has 4 fully saturated rings. The highest BCUT2D eigenvalue weighted by molar-refractivity contribution is 6.01. The zero-order valence-electron chi connectivity index (χ0n) is 29.9. The number of urea groups is 1. The van der Waals surface area contributed by atoms with Crippen LogP contribution in [0, 0.1) is 23.7 Å². The maximum Gasteiger partial charge on any atom is 0.416 e. The van der Waals surface area contributed by atoms with Gasteiger partial charge in [-0.1, -0.05) is 36.4 Å². The molecule has 0 spiro atoms. The molecule has 1 aromatic heterocycles. The number of anilines is 1. The van der Waals surface area contributed by atoms with Gasteiger partial charge in [-0.2, -0.15) is 26.3 Å². The van der Waals surface area contributed by atoms with Crippen LogP contribution in [0.3, 0.4) is 0 Å². The predicted octanol–water partition coefficient (Wildman–Crippen LogP) is 8.80. The third-order valence-corrected chi connectivity index (χ3v) is 12.2. The minimum Gasteiger partial charge on any atom is -0.478 e. The first-order chi connectivity index (χ1) is 26.6. The summed E-state index contributed by atoms with van der Waals surface area (Å²) >= 11 is 0. The molecule has 0 bridgehead atoms. The van der Waals surface area contributed by atoms with Crippen molar-refractivity contribution in [3.8, 4) is 11.1 Å². The van der Waals surface area contributed by atoms with E-state index in [9.17, 15) is 45.8 Å². The van der Waals surface area contributed by atoms with E-state index in [1.165, 1.54) is 53.7 Å². The average Bonchev–Trinajstić information content (AvgIpc) is 3.95. The van der Waals surface area contributed by atoms with Gasteiger partial charge in [0, 0.05) is 38.6 Å². The lowest BCUT2D eigenvalue weighted by Gasteiger charge is -2.23. The van der Waals surface area contributed by atoms with E-state index in [0.717, 1.165) is 12.1 Å². The summed E-state index contributed by atoms with van der Waals surface area (Å²) in [5, 5.41) is 12.7. The van der Waals surface area contributed by atoms with Crippen molar-refractivity contribution in [2.24, 2.45) is 23.7 Å². The summed E-state index contributed by atoms with van der Waals surface area (Å²) in [4.78, 5) is 49.8. The first-order valence-corrected chi connectivity index (χ1v) is 18.5. The summed E-state index contributed by atoms with van der Waals surface area (Å²) in [5.41, 5.74) is -0.981. The normalized spacial score (nSPS) is 24.6. The summed E-state index contributed by atoms with van der Waals surface area (Å²) in [7, 11) is 0. The average molecular weight is 778 g/mol. The molecule has 292 valence electrons. The number of carboxylic acid groups (broad SMARTS) is 1. The van der Waals surface area contributed by atoms with Crippen LogP contribution in [0.2, 0.25) is 0 Å². The van der Waals surface area contributed by atoms with Crippen molar-refractivity contribution >= 4 is 23.6 Å². The Morgan fingerprint density at radius 2 is 1.16 bits per heavy atom. The van der Waals surface area contributed by atoms with Gasteiger partial charge < -0.3 is 20.2 Å². The summed E-state index contributed by atoms with van der Waals surface area (Å²) in [6.07, 6.45) is -4.25. The molecule has 0 unspecified atom stereocenters. The first-order valence-electron chi connectivity index (χ1n) is 18.5. The summed E-state index contributed by atoms with van der Waals surface area (Å²) in [5.74, 6) is -2.23. The Hall–Kier alpha value is -5.47. The number of nitrogens with one attached hydrogen (secondary N) is 1.